The topological polar surface area (TPSA) is 48.9 Å². The lowest BCUT2D eigenvalue weighted by molar-refractivity contribution is 0.0378. The molecule has 0 N–H and O–H groups in total. The van der Waals surface area contributed by atoms with Crippen LogP contribution in [0.25, 0.3) is 0 Å². The van der Waals surface area contributed by atoms with Gasteiger partial charge in [0.15, 0.2) is 0 Å². The van der Waals surface area contributed by atoms with E-state index in [-0.39, 0.29) is 17.9 Å². The third-order valence-corrected chi connectivity index (χ3v) is 7.62. The molecule has 2 heterocycles. The normalized spacial score (nSPS) is 14.2. The molecule has 0 atom stereocenters. The van der Waals surface area contributed by atoms with E-state index in [1.165, 1.54) is 17.2 Å². The number of hydrogen-bond donors (Lipinski definition) is 0. The summed E-state index contributed by atoms with van der Waals surface area (Å²) in [5.74, 6) is 0.159. The molecule has 6 nitrogen and oxygen atoms in total. The standard InChI is InChI=1S/C32H40ClFN4O2/c1-4-36(17-7-9-27-29(33)10-5-11-30(27)34)22-25-12-14-26(15-13-25)23-37-18-20-38(21-19-37)31-28(8-6-16-35-31)32(39)40-24(2)3/h5-6,8,10-16,24H,4,7,9,17-23H2,1-3H3. The van der Waals surface area contributed by atoms with E-state index in [1.807, 2.05) is 13.8 Å². The Morgan fingerprint density at radius 1 is 1.05 bits per heavy atom. The van der Waals surface area contributed by atoms with Crippen molar-refractivity contribution in [1.82, 2.24) is 14.8 Å². The molecule has 1 fully saturated rings. The van der Waals surface area contributed by atoms with Crippen LogP contribution in [-0.4, -0.2) is 66.1 Å². The van der Waals surface area contributed by atoms with Crippen LogP contribution in [0.3, 0.4) is 0 Å². The number of benzene rings is 2. The van der Waals surface area contributed by atoms with Gasteiger partial charge in [-0.15, -0.1) is 0 Å². The summed E-state index contributed by atoms with van der Waals surface area (Å²) in [6, 6.07) is 17.3. The fourth-order valence-corrected chi connectivity index (χ4v) is 5.33. The summed E-state index contributed by atoms with van der Waals surface area (Å²) in [5.41, 5.74) is 3.70. The second-order valence-electron chi connectivity index (χ2n) is 10.6. The predicted octanol–water partition coefficient (Wildman–Crippen LogP) is 6.22. The quantitative estimate of drug-likeness (QED) is 0.243. The molecular weight excluding hydrogens is 527 g/mol. The van der Waals surface area contributed by atoms with Crippen LogP contribution in [0, 0.1) is 5.82 Å². The molecule has 4 rings (SSSR count). The van der Waals surface area contributed by atoms with Crippen LogP contribution in [0.15, 0.2) is 60.8 Å². The van der Waals surface area contributed by atoms with Crippen molar-refractivity contribution in [2.24, 2.45) is 0 Å². The Hall–Kier alpha value is -3.00. The lowest BCUT2D eigenvalue weighted by Gasteiger charge is -2.36. The molecule has 0 spiro atoms. The van der Waals surface area contributed by atoms with Crippen molar-refractivity contribution >= 4 is 23.4 Å². The highest BCUT2D eigenvalue weighted by Crippen LogP contribution is 2.22. The summed E-state index contributed by atoms with van der Waals surface area (Å²) >= 11 is 6.18. The van der Waals surface area contributed by atoms with Gasteiger partial charge in [-0.3, -0.25) is 9.80 Å². The van der Waals surface area contributed by atoms with Crippen LogP contribution in [0.2, 0.25) is 5.02 Å². The molecule has 0 saturated carbocycles. The number of esters is 1. The number of rotatable bonds is 12. The maximum atomic E-state index is 14.1. The maximum Gasteiger partial charge on any atom is 0.342 e. The van der Waals surface area contributed by atoms with E-state index < -0.39 is 0 Å². The van der Waals surface area contributed by atoms with E-state index in [9.17, 15) is 9.18 Å². The second kappa shape index (κ2) is 14.6. The van der Waals surface area contributed by atoms with Gasteiger partial charge in [0.2, 0.25) is 0 Å². The summed E-state index contributed by atoms with van der Waals surface area (Å²) in [6.07, 6.45) is 3.06. The van der Waals surface area contributed by atoms with Crippen LogP contribution in [0.1, 0.15) is 54.2 Å². The molecule has 3 aromatic rings. The summed E-state index contributed by atoms with van der Waals surface area (Å²) in [5, 5.41) is 0.507. The molecule has 0 bridgehead atoms. The maximum absolute atomic E-state index is 14.1. The number of carbonyl (C=O) groups excluding carboxylic acids is 1. The van der Waals surface area contributed by atoms with Gasteiger partial charge in [0, 0.05) is 56.1 Å². The average molecular weight is 567 g/mol. The number of pyridine rings is 1. The third kappa shape index (κ3) is 8.26. The highest BCUT2D eigenvalue weighted by molar-refractivity contribution is 6.31. The number of nitrogens with zero attached hydrogens (tertiary/aromatic N) is 4. The molecule has 214 valence electrons. The monoisotopic (exact) mass is 566 g/mol. The van der Waals surface area contributed by atoms with Crippen molar-refractivity contribution in [3.05, 3.63) is 93.9 Å². The number of aromatic nitrogens is 1. The van der Waals surface area contributed by atoms with Crippen molar-refractivity contribution in [2.45, 2.75) is 52.8 Å². The number of halogens is 2. The van der Waals surface area contributed by atoms with E-state index in [0.29, 0.717) is 28.4 Å². The Bertz CT molecular complexity index is 1230. The fourth-order valence-electron chi connectivity index (χ4n) is 5.07. The molecule has 1 aromatic heterocycles. The highest BCUT2D eigenvalue weighted by atomic mass is 35.5. The molecule has 1 aliphatic rings. The molecule has 1 aliphatic heterocycles. The molecule has 40 heavy (non-hydrogen) atoms. The van der Waals surface area contributed by atoms with Gasteiger partial charge in [0.1, 0.15) is 17.2 Å². The summed E-state index contributed by atoms with van der Waals surface area (Å²) in [6.45, 7) is 12.8. The van der Waals surface area contributed by atoms with Gasteiger partial charge in [-0.1, -0.05) is 48.9 Å². The van der Waals surface area contributed by atoms with Crippen molar-refractivity contribution in [2.75, 3.05) is 44.2 Å². The summed E-state index contributed by atoms with van der Waals surface area (Å²) in [7, 11) is 0. The molecule has 1 saturated heterocycles. The largest absolute Gasteiger partial charge is 0.459 e. The Kier molecular flexibility index (Phi) is 10.9. The Balaban J connectivity index is 1.25. The van der Waals surface area contributed by atoms with E-state index in [0.717, 1.165) is 58.8 Å². The summed E-state index contributed by atoms with van der Waals surface area (Å²) < 4.78 is 19.5. The molecule has 0 unspecified atom stereocenters. The number of piperazine rings is 1. The third-order valence-electron chi connectivity index (χ3n) is 7.27. The van der Waals surface area contributed by atoms with Gasteiger partial charge in [0.25, 0.3) is 0 Å². The number of ether oxygens (including phenoxy) is 1. The van der Waals surface area contributed by atoms with Crippen molar-refractivity contribution < 1.29 is 13.9 Å². The van der Waals surface area contributed by atoms with Gasteiger partial charge in [-0.05, 0) is 75.2 Å². The smallest absolute Gasteiger partial charge is 0.342 e. The van der Waals surface area contributed by atoms with E-state index >= 15 is 0 Å². The number of carbonyl (C=O) groups is 1. The first-order chi connectivity index (χ1) is 19.3. The van der Waals surface area contributed by atoms with Gasteiger partial charge in [0.05, 0.1) is 6.10 Å². The van der Waals surface area contributed by atoms with Gasteiger partial charge < -0.3 is 9.64 Å². The lowest BCUT2D eigenvalue weighted by atomic mass is 10.1. The Labute approximate surface area is 242 Å². The first-order valence-electron chi connectivity index (χ1n) is 14.2. The second-order valence-corrected chi connectivity index (χ2v) is 11.0. The fraction of sp³-hybridized carbons (Fsp3) is 0.438. The Morgan fingerprint density at radius 3 is 2.45 bits per heavy atom. The number of anilines is 1. The Morgan fingerprint density at radius 2 is 1.77 bits per heavy atom. The minimum absolute atomic E-state index is 0.168. The van der Waals surface area contributed by atoms with Crippen LogP contribution in [0.5, 0.6) is 0 Å². The zero-order chi connectivity index (χ0) is 28.5. The molecule has 0 amide bonds. The van der Waals surface area contributed by atoms with Gasteiger partial charge in [-0.25, -0.2) is 14.2 Å². The van der Waals surface area contributed by atoms with Crippen LogP contribution >= 0.6 is 11.6 Å². The highest BCUT2D eigenvalue weighted by Gasteiger charge is 2.24. The zero-order valence-corrected chi connectivity index (χ0v) is 24.5. The molecule has 8 heteroatoms. The van der Waals surface area contributed by atoms with E-state index in [2.05, 4.69) is 50.9 Å². The SMILES string of the molecule is CCN(CCCc1c(F)cccc1Cl)Cc1ccc(CN2CCN(c3ncccc3C(=O)OC(C)C)CC2)cc1. The minimum Gasteiger partial charge on any atom is -0.459 e. The molecule has 0 radical (unpaired) electrons. The van der Waals surface area contributed by atoms with Crippen molar-refractivity contribution in [3.8, 4) is 0 Å². The van der Waals surface area contributed by atoms with Gasteiger partial charge >= 0.3 is 5.97 Å². The molecule has 2 aromatic carbocycles. The minimum atomic E-state index is -0.322. The van der Waals surface area contributed by atoms with Gasteiger partial charge in [-0.2, -0.15) is 0 Å². The molecular formula is C32H40ClFN4O2. The summed E-state index contributed by atoms with van der Waals surface area (Å²) in [4.78, 5) is 24.0. The van der Waals surface area contributed by atoms with Crippen molar-refractivity contribution in [3.63, 3.8) is 0 Å². The van der Waals surface area contributed by atoms with Crippen LogP contribution in [-0.2, 0) is 24.2 Å². The van der Waals surface area contributed by atoms with Crippen molar-refractivity contribution in [1.29, 1.82) is 0 Å². The lowest BCUT2D eigenvalue weighted by Crippen LogP contribution is -2.46. The average Bonchev–Trinajstić information content (AvgIpc) is 2.95. The van der Waals surface area contributed by atoms with Crippen LogP contribution in [0.4, 0.5) is 10.2 Å². The number of hydrogen-bond acceptors (Lipinski definition) is 6. The molecule has 0 aliphatic carbocycles. The predicted molar refractivity (Wildman–Crippen MR) is 159 cm³/mol. The van der Waals surface area contributed by atoms with Crippen LogP contribution < -0.4 is 4.90 Å². The van der Waals surface area contributed by atoms with E-state index in [1.54, 1.807) is 30.5 Å². The first kappa shape index (κ1) is 30.0. The first-order valence-corrected chi connectivity index (χ1v) is 14.6. The zero-order valence-electron chi connectivity index (χ0n) is 23.8. The van der Waals surface area contributed by atoms with E-state index in [4.69, 9.17) is 16.3 Å².